The number of ether oxygens (including phenoxy) is 1. The summed E-state index contributed by atoms with van der Waals surface area (Å²) in [6.07, 6.45) is -0.391. The number of thioether (sulfide) groups is 1. The predicted octanol–water partition coefficient (Wildman–Crippen LogP) is -1.12. The Kier molecular flexibility index (Phi) is 2.62. The quantitative estimate of drug-likeness (QED) is 0.689. The average molecular weight is 272 g/mol. The molecule has 4 atom stereocenters. The van der Waals surface area contributed by atoms with Gasteiger partial charge in [-0.2, -0.15) is 0 Å². The minimum Gasteiger partial charge on any atom is -0.390 e. The van der Waals surface area contributed by atoms with Crippen LogP contribution in [0.1, 0.15) is 6.42 Å². The van der Waals surface area contributed by atoms with Gasteiger partial charge in [0.05, 0.1) is 18.8 Å². The van der Waals surface area contributed by atoms with Crippen molar-refractivity contribution in [2.24, 2.45) is 0 Å². The van der Waals surface area contributed by atoms with Gasteiger partial charge in [-0.3, -0.25) is 9.59 Å². The number of carbonyl (C=O) groups is 2. The summed E-state index contributed by atoms with van der Waals surface area (Å²) in [6, 6.07) is -0.196. The first-order chi connectivity index (χ1) is 8.54. The number of piperazine rings is 1. The molecule has 4 fully saturated rings. The third-order valence-corrected chi connectivity index (χ3v) is 5.59. The lowest BCUT2D eigenvalue weighted by Gasteiger charge is -2.54. The van der Waals surface area contributed by atoms with Gasteiger partial charge >= 0.3 is 0 Å². The molecule has 2 amide bonds. The maximum atomic E-state index is 12.4. The lowest BCUT2D eigenvalue weighted by atomic mass is 9.91. The summed E-state index contributed by atoms with van der Waals surface area (Å²) in [5.74, 6) is 0.262. The van der Waals surface area contributed by atoms with Crippen molar-refractivity contribution >= 4 is 23.6 Å². The Bertz CT molecular complexity index is 418. The fraction of sp³-hybridized carbons (Fsp3) is 0.818. The number of hydrogen-bond donors (Lipinski definition) is 1. The number of aliphatic hydroxyl groups is 1. The van der Waals surface area contributed by atoms with Crippen molar-refractivity contribution in [3.8, 4) is 0 Å². The Morgan fingerprint density at radius 2 is 2.28 bits per heavy atom. The molecule has 100 valence electrons. The van der Waals surface area contributed by atoms with Gasteiger partial charge in [0.1, 0.15) is 0 Å². The van der Waals surface area contributed by atoms with Gasteiger partial charge in [-0.25, -0.2) is 0 Å². The van der Waals surface area contributed by atoms with Crippen LogP contribution in [0.25, 0.3) is 0 Å². The van der Waals surface area contributed by atoms with Crippen LogP contribution in [0.15, 0.2) is 0 Å². The normalized spacial score (nSPS) is 42.7. The van der Waals surface area contributed by atoms with Gasteiger partial charge in [0.2, 0.25) is 0 Å². The number of fused-ring (bicyclic) bond motifs is 2. The van der Waals surface area contributed by atoms with Gasteiger partial charge in [0.15, 0.2) is 10.9 Å². The number of likely N-dealkylation sites (N-methyl/N-ethyl adjacent to an activating group) is 1. The standard InChI is InChI=1S/C11H16N2O4S/c1-12-9-8(15)13-6(4-17-2)3-7(14)11(13,5-18-9)10(12)16/h6-7,9,14H,3-5H2,1-2H3/t6-,7+,9-,11+/m1/s1. The van der Waals surface area contributed by atoms with Crippen LogP contribution < -0.4 is 0 Å². The fourth-order valence-corrected chi connectivity index (χ4v) is 4.76. The van der Waals surface area contributed by atoms with Crippen molar-refractivity contribution in [2.75, 3.05) is 26.5 Å². The first-order valence-electron chi connectivity index (χ1n) is 5.93. The van der Waals surface area contributed by atoms with Crippen LogP contribution in [-0.2, 0) is 14.3 Å². The molecule has 1 N–H and O–H groups in total. The maximum Gasteiger partial charge on any atom is 0.257 e. The smallest absolute Gasteiger partial charge is 0.257 e. The van der Waals surface area contributed by atoms with Crippen LogP contribution in [0.3, 0.4) is 0 Å². The lowest BCUT2D eigenvalue weighted by Crippen LogP contribution is -2.76. The number of amides is 2. The third-order valence-electron chi connectivity index (χ3n) is 4.15. The van der Waals surface area contributed by atoms with Gasteiger partial charge in [0.25, 0.3) is 11.8 Å². The van der Waals surface area contributed by atoms with E-state index in [0.29, 0.717) is 18.8 Å². The van der Waals surface area contributed by atoms with Crippen molar-refractivity contribution in [3.05, 3.63) is 0 Å². The van der Waals surface area contributed by atoms with Gasteiger partial charge in [-0.15, -0.1) is 11.8 Å². The summed E-state index contributed by atoms with van der Waals surface area (Å²) in [6.45, 7) is 0.360. The monoisotopic (exact) mass is 272 g/mol. The summed E-state index contributed by atoms with van der Waals surface area (Å²) in [7, 11) is 3.19. The molecule has 2 bridgehead atoms. The van der Waals surface area contributed by atoms with Crippen molar-refractivity contribution < 1.29 is 19.4 Å². The fourth-order valence-electron chi connectivity index (χ4n) is 3.31. The highest BCUT2D eigenvalue weighted by Gasteiger charge is 2.68. The van der Waals surface area contributed by atoms with E-state index in [1.165, 1.54) is 16.7 Å². The Hall–Kier alpha value is -0.790. The molecule has 4 aliphatic rings. The largest absolute Gasteiger partial charge is 0.390 e. The Morgan fingerprint density at radius 3 is 2.94 bits per heavy atom. The molecule has 6 nitrogen and oxygen atoms in total. The number of aliphatic hydroxyl groups excluding tert-OH is 1. The van der Waals surface area contributed by atoms with E-state index in [-0.39, 0.29) is 17.9 Å². The molecule has 4 saturated heterocycles. The van der Waals surface area contributed by atoms with Crippen LogP contribution in [0, 0.1) is 0 Å². The number of methoxy groups -OCH3 is 1. The Labute approximate surface area is 109 Å². The van der Waals surface area contributed by atoms with Gasteiger partial charge in [-0.1, -0.05) is 0 Å². The Morgan fingerprint density at radius 1 is 1.56 bits per heavy atom. The molecule has 0 unspecified atom stereocenters. The highest BCUT2D eigenvalue weighted by molar-refractivity contribution is 8.00. The molecule has 0 aromatic heterocycles. The third kappa shape index (κ3) is 1.22. The second-order valence-electron chi connectivity index (χ2n) is 5.07. The summed E-state index contributed by atoms with van der Waals surface area (Å²) in [5.41, 5.74) is -1.06. The van der Waals surface area contributed by atoms with Gasteiger partial charge < -0.3 is 19.6 Å². The lowest BCUT2D eigenvalue weighted by molar-refractivity contribution is -0.169. The van der Waals surface area contributed by atoms with E-state index in [2.05, 4.69) is 0 Å². The molecule has 0 aromatic carbocycles. The molecule has 0 aliphatic carbocycles. The SMILES string of the molecule is COC[C@H]1C[C@H](O)[C@]23CS[C@H](C(=O)N12)N(C)C3=O. The highest BCUT2D eigenvalue weighted by Crippen LogP contribution is 2.48. The minimum atomic E-state index is -1.06. The van der Waals surface area contributed by atoms with Gasteiger partial charge in [-0.05, 0) is 6.42 Å². The van der Waals surface area contributed by atoms with Crippen LogP contribution in [0.2, 0.25) is 0 Å². The van der Waals surface area contributed by atoms with Crippen LogP contribution >= 0.6 is 11.8 Å². The predicted molar refractivity (Wildman–Crippen MR) is 64.9 cm³/mol. The van der Waals surface area contributed by atoms with E-state index in [9.17, 15) is 14.7 Å². The van der Waals surface area contributed by atoms with Crippen molar-refractivity contribution in [3.63, 3.8) is 0 Å². The van der Waals surface area contributed by atoms with Crippen molar-refractivity contribution in [1.82, 2.24) is 9.80 Å². The van der Waals surface area contributed by atoms with Crippen LogP contribution in [-0.4, -0.2) is 76.3 Å². The molecular weight excluding hydrogens is 256 g/mol. The van der Waals surface area contributed by atoms with E-state index in [4.69, 9.17) is 4.74 Å². The van der Waals surface area contributed by atoms with E-state index in [0.717, 1.165) is 0 Å². The van der Waals surface area contributed by atoms with E-state index >= 15 is 0 Å². The van der Waals surface area contributed by atoms with Crippen LogP contribution in [0.4, 0.5) is 0 Å². The maximum absolute atomic E-state index is 12.4. The van der Waals surface area contributed by atoms with Gasteiger partial charge in [0, 0.05) is 19.9 Å². The second kappa shape index (κ2) is 3.85. The Balaban J connectivity index is 2.05. The zero-order valence-corrected chi connectivity index (χ0v) is 11.1. The van der Waals surface area contributed by atoms with Crippen molar-refractivity contribution in [1.29, 1.82) is 0 Å². The molecule has 4 aliphatic heterocycles. The topological polar surface area (TPSA) is 70.1 Å². The summed E-state index contributed by atoms with van der Waals surface area (Å²) < 4.78 is 5.10. The summed E-state index contributed by atoms with van der Waals surface area (Å²) in [4.78, 5) is 27.9. The van der Waals surface area contributed by atoms with E-state index < -0.39 is 17.0 Å². The minimum absolute atomic E-state index is 0.0769. The molecule has 7 heteroatoms. The molecular formula is C11H16N2O4S. The molecule has 0 saturated carbocycles. The summed E-state index contributed by atoms with van der Waals surface area (Å²) in [5, 5.41) is 9.85. The van der Waals surface area contributed by atoms with E-state index in [1.807, 2.05) is 0 Å². The zero-order chi connectivity index (χ0) is 13.1. The number of carbonyl (C=O) groups excluding carboxylic acids is 2. The second-order valence-corrected chi connectivity index (χ2v) is 6.14. The first kappa shape index (κ1) is 12.3. The molecule has 4 rings (SSSR count). The van der Waals surface area contributed by atoms with Crippen molar-refractivity contribution in [2.45, 2.75) is 29.5 Å². The number of hydrogen-bond acceptors (Lipinski definition) is 5. The molecule has 0 aromatic rings. The molecule has 1 spiro atoms. The van der Waals surface area contributed by atoms with Crippen LogP contribution in [0.5, 0.6) is 0 Å². The summed E-state index contributed by atoms with van der Waals surface area (Å²) >= 11 is 1.44. The molecule has 18 heavy (non-hydrogen) atoms. The first-order valence-corrected chi connectivity index (χ1v) is 6.98. The zero-order valence-electron chi connectivity index (χ0n) is 10.3. The average Bonchev–Trinajstić information content (AvgIpc) is 2.62. The highest BCUT2D eigenvalue weighted by atomic mass is 32.2. The van der Waals surface area contributed by atoms with E-state index in [1.54, 1.807) is 19.1 Å². The number of rotatable bonds is 2. The molecule has 4 heterocycles. The molecule has 0 radical (unpaired) electrons. The number of nitrogens with zero attached hydrogens (tertiary/aromatic N) is 2.